The third-order valence-corrected chi connectivity index (χ3v) is 1.44. The maximum absolute atomic E-state index is 10.1. The molecule has 0 bridgehead atoms. The van der Waals surface area contributed by atoms with Gasteiger partial charge >= 0.3 is 5.97 Å². The van der Waals surface area contributed by atoms with Crippen LogP contribution in [-0.4, -0.2) is 5.97 Å². The zero-order chi connectivity index (χ0) is 6.78. The molecule has 0 amide bonds. The summed E-state index contributed by atoms with van der Waals surface area (Å²) in [5, 5.41) is 10.1. The molecule has 0 rings (SSSR count). The Morgan fingerprint density at radius 3 is 1.88 bits per heavy atom. The van der Waals surface area contributed by atoms with Gasteiger partial charge in [0.2, 0.25) is 0 Å². The third-order valence-electron chi connectivity index (χ3n) is 1.44. The van der Waals surface area contributed by atoms with E-state index >= 15 is 0 Å². The van der Waals surface area contributed by atoms with E-state index < -0.39 is 11.4 Å². The number of hydrogen-bond acceptors (Lipinski definition) is 1. The van der Waals surface area contributed by atoms with Crippen LogP contribution in [-0.2, 0) is 9.90 Å². The van der Waals surface area contributed by atoms with Crippen molar-refractivity contribution in [1.29, 1.82) is 0 Å². The highest BCUT2D eigenvalue weighted by Gasteiger charge is 2.25. The lowest BCUT2D eigenvalue weighted by Gasteiger charge is -2.12. The van der Waals surface area contributed by atoms with Gasteiger partial charge in [0.25, 0.3) is 0 Å². The lowest BCUT2D eigenvalue weighted by Crippen LogP contribution is -2.20. The highest BCUT2D eigenvalue weighted by molar-refractivity contribution is 5.72. The highest BCUT2D eigenvalue weighted by atomic mass is 16.4. The second-order valence-electron chi connectivity index (χ2n) is 2.52. The van der Waals surface area contributed by atoms with E-state index in [1.54, 1.807) is 13.8 Å². The molecule has 1 radical (unpaired) electrons. The number of carbonyl (C=O) groups excluding carboxylic acids is 1. The van der Waals surface area contributed by atoms with Gasteiger partial charge in [-0.05, 0) is 20.3 Å². The Morgan fingerprint density at radius 1 is 1.50 bits per heavy atom. The molecule has 0 spiro atoms. The van der Waals surface area contributed by atoms with Crippen LogP contribution >= 0.6 is 0 Å². The van der Waals surface area contributed by atoms with Crippen LogP contribution in [0.3, 0.4) is 0 Å². The van der Waals surface area contributed by atoms with Gasteiger partial charge in [-0.3, -0.25) is 0 Å². The van der Waals surface area contributed by atoms with E-state index in [9.17, 15) is 9.90 Å². The standard InChI is InChI=1S/C6H11O2/c1-4-6(2,3)5(7)8/h4H2,1-3H3. The second-order valence-corrected chi connectivity index (χ2v) is 2.52. The molecule has 2 nitrogen and oxygen atoms in total. The predicted octanol–water partition coefficient (Wildman–Crippen LogP) is 1.38. The average Bonchev–Trinajstić information content (AvgIpc) is 1.67. The zero-order valence-electron chi connectivity index (χ0n) is 5.52. The molecule has 0 heterocycles. The second kappa shape index (κ2) is 2.16. The van der Waals surface area contributed by atoms with Crippen molar-refractivity contribution in [3.05, 3.63) is 0 Å². The van der Waals surface area contributed by atoms with Crippen molar-refractivity contribution in [3.63, 3.8) is 0 Å². The third kappa shape index (κ3) is 1.52. The molecular formula is C6H11O2. The molecule has 47 valence electrons. The lowest BCUT2D eigenvalue weighted by atomic mass is 9.91. The van der Waals surface area contributed by atoms with Crippen molar-refractivity contribution in [2.45, 2.75) is 27.2 Å². The largest absolute Gasteiger partial charge is 0.361 e. The van der Waals surface area contributed by atoms with Crippen molar-refractivity contribution < 1.29 is 9.90 Å². The molecule has 0 atom stereocenters. The van der Waals surface area contributed by atoms with E-state index in [2.05, 4.69) is 0 Å². The normalized spacial score (nSPS) is 11.4. The summed E-state index contributed by atoms with van der Waals surface area (Å²) in [4.78, 5) is 10.1. The average molecular weight is 115 g/mol. The molecule has 0 saturated carbocycles. The monoisotopic (exact) mass is 115 g/mol. The zero-order valence-corrected chi connectivity index (χ0v) is 5.52. The summed E-state index contributed by atoms with van der Waals surface area (Å²) < 4.78 is 0. The van der Waals surface area contributed by atoms with Crippen LogP contribution < -0.4 is 0 Å². The van der Waals surface area contributed by atoms with Crippen LogP contribution in [0.5, 0.6) is 0 Å². The van der Waals surface area contributed by atoms with Crippen molar-refractivity contribution in [1.82, 2.24) is 0 Å². The van der Waals surface area contributed by atoms with Crippen LogP contribution in [0.15, 0.2) is 0 Å². The summed E-state index contributed by atoms with van der Waals surface area (Å²) in [7, 11) is 0. The smallest absolute Gasteiger partial charge is 0.247 e. The van der Waals surface area contributed by atoms with Crippen molar-refractivity contribution in [3.8, 4) is 0 Å². The van der Waals surface area contributed by atoms with E-state index in [0.29, 0.717) is 6.42 Å². The Labute approximate surface area is 49.5 Å². The minimum absolute atomic E-state index is 0.620. The van der Waals surface area contributed by atoms with Gasteiger partial charge in [-0.1, -0.05) is 6.92 Å². The molecule has 0 aliphatic heterocycles. The van der Waals surface area contributed by atoms with E-state index in [1.807, 2.05) is 6.92 Å². The summed E-state index contributed by atoms with van der Waals surface area (Å²) in [6.45, 7) is 5.14. The molecule has 0 unspecified atom stereocenters. The van der Waals surface area contributed by atoms with E-state index in [1.165, 1.54) is 0 Å². The van der Waals surface area contributed by atoms with Crippen molar-refractivity contribution in [2.24, 2.45) is 5.41 Å². The van der Waals surface area contributed by atoms with Crippen molar-refractivity contribution in [2.75, 3.05) is 0 Å². The Hall–Kier alpha value is -0.530. The Balaban J connectivity index is 3.91. The first kappa shape index (κ1) is 7.47. The molecule has 0 fully saturated rings. The first-order valence-corrected chi connectivity index (χ1v) is 2.72. The van der Waals surface area contributed by atoms with Crippen LogP contribution in [0.25, 0.3) is 0 Å². The minimum Gasteiger partial charge on any atom is -0.247 e. The van der Waals surface area contributed by atoms with Gasteiger partial charge in [0.15, 0.2) is 0 Å². The highest BCUT2D eigenvalue weighted by Crippen LogP contribution is 2.18. The number of hydrogen-bond donors (Lipinski definition) is 0. The number of carbonyl (C=O) groups is 1. The molecule has 8 heavy (non-hydrogen) atoms. The van der Waals surface area contributed by atoms with Gasteiger partial charge in [0, 0.05) is 0 Å². The van der Waals surface area contributed by atoms with Crippen LogP contribution in [0, 0.1) is 5.41 Å². The van der Waals surface area contributed by atoms with Crippen molar-refractivity contribution >= 4 is 5.97 Å². The summed E-state index contributed by atoms with van der Waals surface area (Å²) >= 11 is 0. The molecule has 0 N–H and O–H groups in total. The molecular weight excluding hydrogens is 104 g/mol. The Kier molecular flexibility index (Phi) is 2.02. The van der Waals surface area contributed by atoms with Crippen LogP contribution in [0.2, 0.25) is 0 Å². The SMILES string of the molecule is CCC(C)(C)C([O])=O. The quantitative estimate of drug-likeness (QED) is 0.535. The topological polar surface area (TPSA) is 37.0 Å². The molecule has 0 aliphatic carbocycles. The summed E-state index contributed by atoms with van der Waals surface area (Å²) in [6.07, 6.45) is 0.620. The maximum Gasteiger partial charge on any atom is 0.361 e. The first-order chi connectivity index (χ1) is 3.50. The fraction of sp³-hybridized carbons (Fsp3) is 0.833. The molecule has 2 heteroatoms. The fourth-order valence-electron chi connectivity index (χ4n) is 0.144. The van der Waals surface area contributed by atoms with Gasteiger partial charge < -0.3 is 0 Å². The van der Waals surface area contributed by atoms with Crippen LogP contribution in [0.4, 0.5) is 0 Å². The molecule has 0 aromatic rings. The van der Waals surface area contributed by atoms with Gasteiger partial charge in [0.1, 0.15) is 0 Å². The fourth-order valence-corrected chi connectivity index (χ4v) is 0.144. The van der Waals surface area contributed by atoms with Gasteiger partial charge in [-0.2, -0.15) is 0 Å². The van der Waals surface area contributed by atoms with Gasteiger partial charge in [0.05, 0.1) is 5.41 Å². The Morgan fingerprint density at radius 2 is 1.88 bits per heavy atom. The van der Waals surface area contributed by atoms with Gasteiger partial charge in [-0.15, -0.1) is 0 Å². The number of rotatable bonds is 2. The maximum atomic E-state index is 10.1. The molecule has 0 aromatic heterocycles. The first-order valence-electron chi connectivity index (χ1n) is 2.72. The summed E-state index contributed by atoms with van der Waals surface area (Å²) in [6, 6.07) is 0. The Bertz CT molecular complexity index is 94.7. The molecule has 0 aromatic carbocycles. The van der Waals surface area contributed by atoms with Gasteiger partial charge in [-0.25, -0.2) is 9.90 Å². The van der Waals surface area contributed by atoms with Crippen LogP contribution in [0.1, 0.15) is 27.2 Å². The summed E-state index contributed by atoms with van der Waals surface area (Å²) in [5.41, 5.74) is -0.653. The predicted molar refractivity (Wildman–Crippen MR) is 29.8 cm³/mol. The minimum atomic E-state index is -0.972. The summed E-state index contributed by atoms with van der Waals surface area (Å²) in [5.74, 6) is -0.972. The van der Waals surface area contributed by atoms with E-state index in [-0.39, 0.29) is 0 Å². The molecule has 0 saturated heterocycles. The van der Waals surface area contributed by atoms with E-state index in [4.69, 9.17) is 0 Å². The molecule has 0 aliphatic rings. The van der Waals surface area contributed by atoms with E-state index in [0.717, 1.165) is 0 Å². The lowest BCUT2D eigenvalue weighted by molar-refractivity contribution is -0.153.